The summed E-state index contributed by atoms with van der Waals surface area (Å²) in [4.78, 5) is 4.75. The summed E-state index contributed by atoms with van der Waals surface area (Å²) in [5.74, 6) is 0. The predicted octanol–water partition coefficient (Wildman–Crippen LogP) is 4.71. The SMILES string of the molecule is CNC(Cc1nc2ccccc2s1)c1cccc(C)c1I. The van der Waals surface area contributed by atoms with Gasteiger partial charge in [0.1, 0.15) is 0 Å². The number of likely N-dealkylation sites (N-methyl/N-ethyl adjacent to an activating group) is 1. The smallest absolute Gasteiger partial charge is 0.0957 e. The quantitative estimate of drug-likeness (QED) is 0.633. The van der Waals surface area contributed by atoms with Crippen molar-refractivity contribution in [2.75, 3.05) is 7.05 Å². The van der Waals surface area contributed by atoms with Crippen molar-refractivity contribution in [3.05, 3.63) is 62.2 Å². The van der Waals surface area contributed by atoms with Crippen molar-refractivity contribution >= 4 is 44.1 Å². The first kappa shape index (κ1) is 14.9. The van der Waals surface area contributed by atoms with Gasteiger partial charge in [0.25, 0.3) is 0 Å². The number of nitrogens with one attached hydrogen (secondary N) is 1. The van der Waals surface area contributed by atoms with Crippen molar-refractivity contribution in [1.29, 1.82) is 0 Å². The minimum Gasteiger partial charge on any atom is -0.313 e. The van der Waals surface area contributed by atoms with E-state index in [1.54, 1.807) is 11.3 Å². The number of benzene rings is 2. The van der Waals surface area contributed by atoms with E-state index in [9.17, 15) is 0 Å². The molecule has 3 rings (SSSR count). The lowest BCUT2D eigenvalue weighted by atomic mass is 10.0. The molecule has 0 radical (unpaired) electrons. The molecule has 2 aromatic carbocycles. The Morgan fingerprint density at radius 1 is 1.19 bits per heavy atom. The summed E-state index contributed by atoms with van der Waals surface area (Å²) in [7, 11) is 2.02. The van der Waals surface area contributed by atoms with Crippen molar-refractivity contribution in [2.24, 2.45) is 0 Å². The normalized spacial score (nSPS) is 12.7. The van der Waals surface area contributed by atoms with Crippen LogP contribution in [0.4, 0.5) is 0 Å². The lowest BCUT2D eigenvalue weighted by Crippen LogP contribution is -2.20. The summed E-state index contributed by atoms with van der Waals surface area (Å²) in [6.45, 7) is 2.16. The Hall–Kier alpha value is -0.980. The average Bonchev–Trinajstić information content (AvgIpc) is 2.90. The number of thiazole rings is 1. The lowest BCUT2D eigenvalue weighted by molar-refractivity contribution is 0.588. The van der Waals surface area contributed by atoms with Crippen molar-refractivity contribution in [3.63, 3.8) is 0 Å². The third kappa shape index (κ3) is 3.12. The van der Waals surface area contributed by atoms with Gasteiger partial charge in [0.05, 0.1) is 15.2 Å². The van der Waals surface area contributed by atoms with E-state index in [2.05, 4.69) is 71.2 Å². The fraction of sp³-hybridized carbons (Fsp3) is 0.235. The zero-order chi connectivity index (χ0) is 14.8. The second-order valence-corrected chi connectivity index (χ2v) is 7.29. The van der Waals surface area contributed by atoms with Gasteiger partial charge in [-0.2, -0.15) is 0 Å². The van der Waals surface area contributed by atoms with Gasteiger partial charge in [-0.3, -0.25) is 0 Å². The van der Waals surface area contributed by atoms with Crippen LogP contribution in [0.3, 0.4) is 0 Å². The van der Waals surface area contributed by atoms with Crippen LogP contribution < -0.4 is 5.32 Å². The lowest BCUT2D eigenvalue weighted by Gasteiger charge is -2.18. The fourth-order valence-electron chi connectivity index (χ4n) is 2.49. The highest BCUT2D eigenvalue weighted by Crippen LogP contribution is 2.29. The van der Waals surface area contributed by atoms with Crippen LogP contribution in [0.15, 0.2) is 42.5 Å². The number of aryl methyl sites for hydroxylation is 1. The van der Waals surface area contributed by atoms with Gasteiger partial charge in [0.2, 0.25) is 0 Å². The van der Waals surface area contributed by atoms with E-state index in [4.69, 9.17) is 4.98 Å². The highest BCUT2D eigenvalue weighted by atomic mass is 127. The maximum Gasteiger partial charge on any atom is 0.0957 e. The second-order valence-electron chi connectivity index (χ2n) is 5.10. The summed E-state index contributed by atoms with van der Waals surface area (Å²) in [5, 5.41) is 4.63. The Kier molecular flexibility index (Phi) is 4.57. The van der Waals surface area contributed by atoms with Gasteiger partial charge in [0, 0.05) is 16.0 Å². The van der Waals surface area contributed by atoms with E-state index in [1.165, 1.54) is 24.4 Å². The maximum atomic E-state index is 4.75. The second kappa shape index (κ2) is 6.42. The van der Waals surface area contributed by atoms with Gasteiger partial charge in [-0.25, -0.2) is 4.98 Å². The summed E-state index contributed by atoms with van der Waals surface area (Å²) < 4.78 is 2.61. The van der Waals surface area contributed by atoms with Gasteiger partial charge in [0.15, 0.2) is 0 Å². The predicted molar refractivity (Wildman–Crippen MR) is 99.0 cm³/mol. The molecule has 0 bridgehead atoms. The van der Waals surface area contributed by atoms with Gasteiger partial charge in [-0.15, -0.1) is 11.3 Å². The van der Waals surface area contributed by atoms with Crippen LogP contribution in [0, 0.1) is 10.5 Å². The summed E-state index contributed by atoms with van der Waals surface area (Å²) >= 11 is 4.24. The van der Waals surface area contributed by atoms with Crippen LogP contribution in [0.5, 0.6) is 0 Å². The highest BCUT2D eigenvalue weighted by molar-refractivity contribution is 14.1. The monoisotopic (exact) mass is 408 g/mol. The molecule has 1 atom stereocenters. The molecule has 1 unspecified atom stereocenters. The molecule has 1 aromatic heterocycles. The van der Waals surface area contributed by atoms with Crippen LogP contribution in [0.2, 0.25) is 0 Å². The van der Waals surface area contributed by atoms with E-state index in [0.717, 1.165) is 11.9 Å². The minimum atomic E-state index is 0.303. The fourth-order valence-corrected chi connectivity index (χ4v) is 4.24. The molecular formula is C17H17IN2S. The van der Waals surface area contributed by atoms with Crippen LogP contribution >= 0.6 is 33.9 Å². The zero-order valence-corrected chi connectivity index (χ0v) is 15.0. The largest absolute Gasteiger partial charge is 0.313 e. The first-order chi connectivity index (χ1) is 10.2. The molecule has 1 heterocycles. The van der Waals surface area contributed by atoms with Gasteiger partial charge in [-0.05, 0) is 59.8 Å². The van der Waals surface area contributed by atoms with Crippen LogP contribution in [0.25, 0.3) is 10.2 Å². The Bertz CT molecular complexity index is 733. The van der Waals surface area contributed by atoms with Gasteiger partial charge >= 0.3 is 0 Å². The number of nitrogens with zero attached hydrogens (tertiary/aromatic N) is 1. The molecule has 0 spiro atoms. The van der Waals surface area contributed by atoms with Crippen molar-refractivity contribution in [1.82, 2.24) is 10.3 Å². The summed E-state index contributed by atoms with van der Waals surface area (Å²) in [5.41, 5.74) is 3.79. The molecule has 0 amide bonds. The number of rotatable bonds is 4. The molecule has 3 aromatic rings. The molecule has 0 fully saturated rings. The van der Waals surface area contributed by atoms with Gasteiger partial charge in [-0.1, -0.05) is 30.3 Å². The van der Waals surface area contributed by atoms with E-state index >= 15 is 0 Å². The third-order valence-electron chi connectivity index (χ3n) is 3.66. The number of aromatic nitrogens is 1. The molecule has 0 aliphatic carbocycles. The number of fused-ring (bicyclic) bond motifs is 1. The number of para-hydroxylation sites is 1. The molecule has 21 heavy (non-hydrogen) atoms. The Morgan fingerprint density at radius 3 is 2.76 bits per heavy atom. The highest BCUT2D eigenvalue weighted by Gasteiger charge is 2.16. The number of hydrogen-bond donors (Lipinski definition) is 1. The number of hydrogen-bond acceptors (Lipinski definition) is 3. The summed E-state index contributed by atoms with van der Waals surface area (Å²) in [6, 6.07) is 15.2. The molecule has 108 valence electrons. The maximum absolute atomic E-state index is 4.75. The molecule has 1 N–H and O–H groups in total. The summed E-state index contributed by atoms with van der Waals surface area (Å²) in [6.07, 6.45) is 0.926. The number of halogens is 1. The molecule has 0 aliphatic heterocycles. The van der Waals surface area contributed by atoms with Gasteiger partial charge < -0.3 is 5.32 Å². The Morgan fingerprint density at radius 2 is 2.00 bits per heavy atom. The minimum absolute atomic E-state index is 0.303. The van der Waals surface area contributed by atoms with Crippen LogP contribution in [0.1, 0.15) is 22.2 Å². The van der Waals surface area contributed by atoms with E-state index < -0.39 is 0 Å². The third-order valence-corrected chi connectivity index (χ3v) is 6.19. The topological polar surface area (TPSA) is 24.9 Å². The molecular weight excluding hydrogens is 391 g/mol. The van der Waals surface area contributed by atoms with Crippen LogP contribution in [-0.2, 0) is 6.42 Å². The Labute approximate surface area is 142 Å². The molecule has 0 saturated heterocycles. The average molecular weight is 408 g/mol. The van der Waals surface area contributed by atoms with Crippen molar-refractivity contribution < 1.29 is 0 Å². The van der Waals surface area contributed by atoms with Crippen molar-refractivity contribution in [3.8, 4) is 0 Å². The molecule has 4 heteroatoms. The molecule has 2 nitrogen and oxygen atoms in total. The van der Waals surface area contributed by atoms with E-state index in [-0.39, 0.29) is 0 Å². The van der Waals surface area contributed by atoms with E-state index in [0.29, 0.717) is 6.04 Å². The first-order valence-electron chi connectivity index (χ1n) is 6.95. The Balaban J connectivity index is 1.92. The first-order valence-corrected chi connectivity index (χ1v) is 8.85. The molecule has 0 aliphatic rings. The van der Waals surface area contributed by atoms with Crippen LogP contribution in [-0.4, -0.2) is 12.0 Å². The standard InChI is InChI=1S/C17H17IN2S/c1-11-6-5-7-12(17(11)18)14(19-2)10-16-20-13-8-3-4-9-15(13)21-16/h3-9,14,19H,10H2,1-2H3. The zero-order valence-electron chi connectivity index (χ0n) is 12.1. The van der Waals surface area contributed by atoms with Crippen molar-refractivity contribution in [2.45, 2.75) is 19.4 Å². The van der Waals surface area contributed by atoms with E-state index in [1.807, 2.05) is 13.1 Å². The molecule has 0 saturated carbocycles.